The molecule has 0 N–H and O–H groups in total. The van der Waals surface area contributed by atoms with E-state index >= 15 is 0 Å². The van der Waals surface area contributed by atoms with Gasteiger partial charge in [0.1, 0.15) is 0 Å². The molecule has 0 amide bonds. The molecule has 0 heterocycles. The smallest absolute Gasteiger partial charge is 0.0384 e. The number of hydrogen-bond acceptors (Lipinski definition) is 0. The van der Waals surface area contributed by atoms with Crippen molar-refractivity contribution in [1.29, 1.82) is 0 Å². The third-order valence-electron chi connectivity index (χ3n) is 3.77. The fraction of sp³-hybridized carbons (Fsp3) is 1.00. The maximum Gasteiger partial charge on any atom is -0.0384 e. The van der Waals surface area contributed by atoms with Gasteiger partial charge < -0.3 is 0 Å². The van der Waals surface area contributed by atoms with Gasteiger partial charge in [-0.25, -0.2) is 0 Å². The third kappa shape index (κ3) is 2.50. The molecule has 0 aromatic heterocycles. The van der Waals surface area contributed by atoms with Gasteiger partial charge in [-0.05, 0) is 30.1 Å². The summed E-state index contributed by atoms with van der Waals surface area (Å²) in [6.45, 7) is 9.58. The van der Waals surface area contributed by atoms with E-state index in [9.17, 15) is 0 Å². The van der Waals surface area contributed by atoms with Gasteiger partial charge in [-0.3, -0.25) is 0 Å². The predicted octanol–water partition coefficient (Wildman–Crippen LogP) is 4.10. The van der Waals surface area contributed by atoms with Crippen molar-refractivity contribution in [2.45, 2.75) is 53.4 Å². The molecule has 1 fully saturated rings. The van der Waals surface area contributed by atoms with Crippen molar-refractivity contribution in [2.75, 3.05) is 0 Å². The van der Waals surface area contributed by atoms with Gasteiger partial charge in [0.05, 0.1) is 0 Å². The minimum Gasteiger partial charge on any atom is -0.0625 e. The second kappa shape index (κ2) is 4.30. The van der Waals surface area contributed by atoms with E-state index < -0.39 is 0 Å². The van der Waals surface area contributed by atoms with E-state index in [-0.39, 0.29) is 0 Å². The van der Waals surface area contributed by atoms with Gasteiger partial charge in [0.25, 0.3) is 0 Å². The monoisotopic (exact) mass is 168 g/mol. The van der Waals surface area contributed by atoms with E-state index in [0.717, 1.165) is 23.7 Å². The van der Waals surface area contributed by atoms with Gasteiger partial charge in [0.2, 0.25) is 0 Å². The zero-order valence-electron chi connectivity index (χ0n) is 9.14. The molecular weight excluding hydrogens is 144 g/mol. The molecule has 72 valence electrons. The first kappa shape index (κ1) is 10.1. The van der Waals surface area contributed by atoms with E-state index in [2.05, 4.69) is 27.7 Å². The fourth-order valence-electron chi connectivity index (χ4n) is 2.50. The summed E-state index contributed by atoms with van der Waals surface area (Å²) < 4.78 is 0. The first-order chi connectivity index (χ1) is 5.61. The van der Waals surface area contributed by atoms with Crippen LogP contribution in [-0.4, -0.2) is 0 Å². The Balaban J connectivity index is 2.40. The van der Waals surface area contributed by atoms with Crippen molar-refractivity contribution in [1.82, 2.24) is 0 Å². The molecule has 1 rings (SSSR count). The van der Waals surface area contributed by atoms with Crippen LogP contribution in [-0.2, 0) is 0 Å². The van der Waals surface area contributed by atoms with E-state index in [1.165, 1.54) is 25.7 Å². The Morgan fingerprint density at radius 3 is 2.25 bits per heavy atom. The molecule has 3 atom stereocenters. The SMILES string of the molecule is CC1CCCC([C@@H](C)C(C)C)C1. The van der Waals surface area contributed by atoms with Crippen LogP contribution >= 0.6 is 0 Å². The average Bonchev–Trinajstić information content (AvgIpc) is 2.03. The van der Waals surface area contributed by atoms with Crippen LogP contribution in [0.25, 0.3) is 0 Å². The van der Waals surface area contributed by atoms with Crippen molar-refractivity contribution in [3.8, 4) is 0 Å². The molecule has 1 aliphatic carbocycles. The highest BCUT2D eigenvalue weighted by molar-refractivity contribution is 4.76. The van der Waals surface area contributed by atoms with Crippen molar-refractivity contribution in [3.05, 3.63) is 0 Å². The van der Waals surface area contributed by atoms with E-state index in [0.29, 0.717) is 0 Å². The van der Waals surface area contributed by atoms with Crippen LogP contribution in [0.2, 0.25) is 0 Å². The standard InChI is InChI=1S/C12H24/c1-9(2)11(4)12-7-5-6-10(3)8-12/h9-12H,5-8H2,1-4H3/t10?,11-,12?/m0/s1. The van der Waals surface area contributed by atoms with Crippen LogP contribution in [0.1, 0.15) is 53.4 Å². The van der Waals surface area contributed by atoms with Crippen LogP contribution in [0.3, 0.4) is 0 Å². The van der Waals surface area contributed by atoms with Gasteiger partial charge in [-0.2, -0.15) is 0 Å². The molecule has 0 aromatic rings. The van der Waals surface area contributed by atoms with Crippen LogP contribution in [0, 0.1) is 23.7 Å². The molecule has 0 aliphatic heterocycles. The predicted molar refractivity (Wildman–Crippen MR) is 55.1 cm³/mol. The Labute approximate surface area is 77.7 Å². The molecule has 0 spiro atoms. The molecule has 0 saturated heterocycles. The lowest BCUT2D eigenvalue weighted by Crippen LogP contribution is -2.23. The highest BCUT2D eigenvalue weighted by Crippen LogP contribution is 2.36. The maximum atomic E-state index is 2.44. The zero-order chi connectivity index (χ0) is 9.14. The van der Waals surface area contributed by atoms with Gasteiger partial charge in [-0.15, -0.1) is 0 Å². The lowest BCUT2D eigenvalue weighted by Gasteiger charge is -2.33. The Morgan fingerprint density at radius 2 is 1.75 bits per heavy atom. The van der Waals surface area contributed by atoms with Crippen LogP contribution in [0.4, 0.5) is 0 Å². The summed E-state index contributed by atoms with van der Waals surface area (Å²) in [5.41, 5.74) is 0. The van der Waals surface area contributed by atoms with Crippen LogP contribution < -0.4 is 0 Å². The van der Waals surface area contributed by atoms with Crippen molar-refractivity contribution in [3.63, 3.8) is 0 Å². The lowest BCUT2D eigenvalue weighted by molar-refractivity contribution is 0.179. The van der Waals surface area contributed by atoms with Gasteiger partial charge >= 0.3 is 0 Å². The molecule has 1 saturated carbocycles. The van der Waals surface area contributed by atoms with E-state index in [1.807, 2.05) is 0 Å². The fourth-order valence-corrected chi connectivity index (χ4v) is 2.50. The first-order valence-corrected chi connectivity index (χ1v) is 5.61. The molecular formula is C12H24. The lowest BCUT2D eigenvalue weighted by atomic mass is 9.73. The Bertz CT molecular complexity index is 126. The van der Waals surface area contributed by atoms with Gasteiger partial charge in [-0.1, -0.05) is 47.0 Å². The van der Waals surface area contributed by atoms with Crippen LogP contribution in [0.15, 0.2) is 0 Å². The second-order valence-electron chi connectivity index (χ2n) is 5.13. The van der Waals surface area contributed by atoms with Crippen molar-refractivity contribution in [2.24, 2.45) is 23.7 Å². The molecule has 0 bridgehead atoms. The summed E-state index contributed by atoms with van der Waals surface area (Å²) >= 11 is 0. The highest BCUT2D eigenvalue weighted by atomic mass is 14.3. The minimum atomic E-state index is 0.875. The van der Waals surface area contributed by atoms with E-state index in [1.54, 1.807) is 0 Å². The first-order valence-electron chi connectivity index (χ1n) is 5.61. The molecule has 0 heteroatoms. The normalized spacial score (nSPS) is 33.8. The number of hydrogen-bond donors (Lipinski definition) is 0. The molecule has 0 radical (unpaired) electrons. The largest absolute Gasteiger partial charge is 0.0625 e. The molecule has 1 aliphatic rings. The Hall–Kier alpha value is 0. The minimum absolute atomic E-state index is 0.875. The quantitative estimate of drug-likeness (QED) is 0.582. The summed E-state index contributed by atoms with van der Waals surface area (Å²) in [6.07, 6.45) is 5.92. The average molecular weight is 168 g/mol. The Kier molecular flexibility index (Phi) is 3.61. The van der Waals surface area contributed by atoms with E-state index in [4.69, 9.17) is 0 Å². The summed E-state index contributed by atoms with van der Waals surface area (Å²) in [4.78, 5) is 0. The van der Waals surface area contributed by atoms with Gasteiger partial charge in [0.15, 0.2) is 0 Å². The summed E-state index contributed by atoms with van der Waals surface area (Å²) in [6, 6.07) is 0. The van der Waals surface area contributed by atoms with Crippen molar-refractivity contribution >= 4 is 0 Å². The van der Waals surface area contributed by atoms with Crippen molar-refractivity contribution < 1.29 is 0 Å². The molecule has 0 aromatic carbocycles. The third-order valence-corrected chi connectivity index (χ3v) is 3.77. The number of rotatable bonds is 2. The molecule has 12 heavy (non-hydrogen) atoms. The maximum absolute atomic E-state index is 2.44. The van der Waals surface area contributed by atoms with Crippen LogP contribution in [0.5, 0.6) is 0 Å². The van der Waals surface area contributed by atoms with Gasteiger partial charge in [0, 0.05) is 0 Å². The topological polar surface area (TPSA) is 0 Å². The summed E-state index contributed by atoms with van der Waals surface area (Å²) in [5, 5.41) is 0. The molecule has 2 unspecified atom stereocenters. The molecule has 0 nitrogen and oxygen atoms in total. The highest BCUT2D eigenvalue weighted by Gasteiger charge is 2.25. The second-order valence-corrected chi connectivity index (χ2v) is 5.13. The zero-order valence-corrected chi connectivity index (χ0v) is 9.14. The summed E-state index contributed by atoms with van der Waals surface area (Å²) in [7, 11) is 0. The summed E-state index contributed by atoms with van der Waals surface area (Å²) in [5.74, 6) is 3.83. The Morgan fingerprint density at radius 1 is 1.08 bits per heavy atom.